The predicted molar refractivity (Wildman–Crippen MR) is 131 cm³/mol. The second-order valence-corrected chi connectivity index (χ2v) is 10.7. The van der Waals surface area contributed by atoms with Crippen molar-refractivity contribution in [2.75, 3.05) is 18.2 Å². The first kappa shape index (κ1) is 22.8. The van der Waals surface area contributed by atoms with Crippen LogP contribution in [0, 0.1) is 13.8 Å². The van der Waals surface area contributed by atoms with Crippen LogP contribution < -0.4 is 10.9 Å². The summed E-state index contributed by atoms with van der Waals surface area (Å²) in [6, 6.07) is 0. The van der Waals surface area contributed by atoms with E-state index in [0.717, 1.165) is 40.1 Å². The summed E-state index contributed by atoms with van der Waals surface area (Å²) >= 11 is 4.12. The van der Waals surface area contributed by atoms with Gasteiger partial charge in [-0.3, -0.25) is 14.2 Å². The largest absolute Gasteiger partial charge is 0.465 e. The van der Waals surface area contributed by atoms with Crippen LogP contribution >= 0.6 is 34.4 Å². The van der Waals surface area contributed by atoms with Crippen molar-refractivity contribution in [1.29, 1.82) is 0 Å². The number of allylic oxidation sites excluding steroid dienone is 1. The van der Waals surface area contributed by atoms with Gasteiger partial charge in [0.05, 0.1) is 23.8 Å². The van der Waals surface area contributed by atoms with Gasteiger partial charge in [0, 0.05) is 16.3 Å². The lowest BCUT2D eigenvalue weighted by molar-refractivity contribution is -0.113. The maximum Gasteiger partial charge on any atom is 0.341 e. The Kier molecular flexibility index (Phi) is 6.55. The van der Waals surface area contributed by atoms with Crippen molar-refractivity contribution in [2.45, 2.75) is 44.8 Å². The van der Waals surface area contributed by atoms with Gasteiger partial charge in [-0.2, -0.15) is 0 Å². The fourth-order valence-corrected chi connectivity index (χ4v) is 6.99. The smallest absolute Gasteiger partial charge is 0.341 e. The quantitative estimate of drug-likeness (QED) is 0.230. The van der Waals surface area contributed by atoms with Gasteiger partial charge in [-0.25, -0.2) is 9.78 Å². The normalized spacial score (nSPS) is 12.7. The van der Waals surface area contributed by atoms with Crippen LogP contribution in [0.1, 0.15) is 37.7 Å². The third-order valence-electron chi connectivity index (χ3n) is 5.46. The van der Waals surface area contributed by atoms with E-state index in [0.29, 0.717) is 27.7 Å². The number of methoxy groups -OCH3 is 1. The first-order chi connectivity index (χ1) is 15.3. The molecule has 7 nitrogen and oxygen atoms in total. The van der Waals surface area contributed by atoms with Gasteiger partial charge in [-0.05, 0) is 44.2 Å². The van der Waals surface area contributed by atoms with Gasteiger partial charge in [0.25, 0.3) is 5.56 Å². The van der Waals surface area contributed by atoms with Crippen molar-refractivity contribution in [1.82, 2.24) is 9.55 Å². The van der Waals surface area contributed by atoms with E-state index in [2.05, 4.69) is 11.9 Å². The Morgan fingerprint density at radius 1 is 1.31 bits per heavy atom. The molecule has 0 saturated carbocycles. The maximum atomic E-state index is 13.2. The maximum absolute atomic E-state index is 13.2. The highest BCUT2D eigenvalue weighted by Gasteiger charge is 2.24. The van der Waals surface area contributed by atoms with E-state index >= 15 is 0 Å². The zero-order valence-corrected chi connectivity index (χ0v) is 20.5. The van der Waals surface area contributed by atoms with E-state index in [-0.39, 0.29) is 17.2 Å². The molecule has 0 aliphatic heterocycles. The summed E-state index contributed by atoms with van der Waals surface area (Å²) in [4.78, 5) is 45.7. The number of thiophene rings is 2. The van der Waals surface area contributed by atoms with Gasteiger partial charge in [0.1, 0.15) is 9.83 Å². The summed E-state index contributed by atoms with van der Waals surface area (Å²) in [5.74, 6) is -0.710. The Morgan fingerprint density at radius 3 is 2.81 bits per heavy atom. The molecular formula is C22H23N3O4S3. The number of rotatable bonds is 7. The zero-order chi connectivity index (χ0) is 23.0. The number of carbonyl (C=O) groups excluding carboxylic acids is 2. The monoisotopic (exact) mass is 489 g/mol. The van der Waals surface area contributed by atoms with Gasteiger partial charge >= 0.3 is 5.97 Å². The number of esters is 1. The molecule has 0 unspecified atom stereocenters. The summed E-state index contributed by atoms with van der Waals surface area (Å²) in [6.07, 6.45) is 4.64. The lowest BCUT2D eigenvalue weighted by Gasteiger charge is -2.11. The van der Waals surface area contributed by atoms with Crippen LogP contribution in [0.25, 0.3) is 10.2 Å². The van der Waals surface area contributed by atoms with Crippen molar-refractivity contribution in [3.8, 4) is 0 Å². The number of hydrogen-bond acceptors (Lipinski definition) is 8. The molecule has 32 heavy (non-hydrogen) atoms. The molecule has 0 radical (unpaired) electrons. The fraction of sp³-hybridized carbons (Fsp3) is 0.364. The molecule has 1 N–H and O–H groups in total. The number of fused-ring (bicyclic) bond motifs is 3. The van der Waals surface area contributed by atoms with Crippen LogP contribution in [0.15, 0.2) is 22.6 Å². The number of aromatic nitrogens is 2. The second kappa shape index (κ2) is 9.21. The van der Waals surface area contributed by atoms with Crippen LogP contribution in [-0.4, -0.2) is 34.3 Å². The molecule has 0 aromatic carbocycles. The highest BCUT2D eigenvalue weighted by molar-refractivity contribution is 7.99. The van der Waals surface area contributed by atoms with Crippen molar-refractivity contribution in [2.24, 2.45) is 0 Å². The minimum atomic E-state index is -0.479. The van der Waals surface area contributed by atoms with E-state index in [1.54, 1.807) is 22.0 Å². The minimum absolute atomic E-state index is 0.0524. The molecule has 3 heterocycles. The van der Waals surface area contributed by atoms with E-state index in [9.17, 15) is 14.4 Å². The van der Waals surface area contributed by atoms with Crippen molar-refractivity contribution in [3.63, 3.8) is 0 Å². The van der Waals surface area contributed by atoms with Crippen LogP contribution in [0.4, 0.5) is 5.00 Å². The van der Waals surface area contributed by atoms with Gasteiger partial charge in [0.2, 0.25) is 5.91 Å². The average Bonchev–Trinajstić information content (AvgIpc) is 3.42. The average molecular weight is 490 g/mol. The molecule has 0 atom stereocenters. The minimum Gasteiger partial charge on any atom is -0.465 e. The summed E-state index contributed by atoms with van der Waals surface area (Å²) in [7, 11) is 1.32. The Morgan fingerprint density at radius 2 is 2.09 bits per heavy atom. The third-order valence-corrected chi connectivity index (χ3v) is 8.75. The summed E-state index contributed by atoms with van der Waals surface area (Å²) in [5.41, 5.74) is 2.23. The van der Waals surface area contributed by atoms with Crippen LogP contribution in [0.5, 0.6) is 0 Å². The van der Waals surface area contributed by atoms with E-state index < -0.39 is 5.97 Å². The number of thioether (sulfide) groups is 1. The van der Waals surface area contributed by atoms with Crippen LogP contribution in [0.3, 0.4) is 0 Å². The standard InChI is InChI=1S/C22H23N3O4S3/c1-5-9-25-20(27)17-13-7-6-8-14(13)32-19(17)24-22(25)30-10-15(26)23-18-16(21(28)29-4)11(2)12(3)31-18/h5H,1,6-10H2,2-4H3,(H,23,26). The number of anilines is 1. The predicted octanol–water partition coefficient (Wildman–Crippen LogP) is 4.33. The first-order valence-corrected chi connectivity index (χ1v) is 12.7. The molecule has 1 aliphatic carbocycles. The van der Waals surface area contributed by atoms with E-state index in [1.165, 1.54) is 35.1 Å². The van der Waals surface area contributed by atoms with Crippen LogP contribution in [0.2, 0.25) is 0 Å². The van der Waals surface area contributed by atoms with Crippen molar-refractivity contribution >= 4 is 61.5 Å². The summed E-state index contributed by atoms with van der Waals surface area (Å²) in [6.45, 7) is 7.80. The molecule has 0 fully saturated rings. The number of nitrogens with zero attached hydrogens (tertiary/aromatic N) is 2. The third kappa shape index (κ3) is 4.02. The lowest BCUT2D eigenvalue weighted by Crippen LogP contribution is -2.24. The van der Waals surface area contributed by atoms with Gasteiger partial charge in [-0.15, -0.1) is 29.3 Å². The van der Waals surface area contributed by atoms with Gasteiger partial charge in [-0.1, -0.05) is 17.8 Å². The van der Waals surface area contributed by atoms with Gasteiger partial charge in [0.15, 0.2) is 5.16 Å². The highest BCUT2D eigenvalue weighted by Crippen LogP contribution is 2.36. The molecule has 3 aromatic heterocycles. The number of amides is 1. The summed E-state index contributed by atoms with van der Waals surface area (Å²) < 4.78 is 6.44. The summed E-state index contributed by atoms with van der Waals surface area (Å²) in [5, 5.41) is 4.49. The molecule has 10 heteroatoms. The Hall–Kier alpha value is -2.43. The number of carbonyl (C=O) groups is 2. The molecular weight excluding hydrogens is 466 g/mol. The molecule has 3 aromatic rings. The van der Waals surface area contributed by atoms with Crippen molar-refractivity contribution in [3.05, 3.63) is 49.5 Å². The van der Waals surface area contributed by atoms with E-state index in [4.69, 9.17) is 9.72 Å². The number of nitrogens with one attached hydrogen (secondary N) is 1. The van der Waals surface area contributed by atoms with Gasteiger partial charge < -0.3 is 10.1 Å². The Labute approximate surface area is 197 Å². The molecule has 0 saturated heterocycles. The molecule has 0 bridgehead atoms. The first-order valence-electron chi connectivity index (χ1n) is 10.1. The van der Waals surface area contributed by atoms with Crippen LogP contribution in [-0.2, 0) is 28.9 Å². The van der Waals surface area contributed by atoms with Crippen molar-refractivity contribution < 1.29 is 14.3 Å². The Bertz CT molecular complexity index is 1300. The second-order valence-electron chi connectivity index (χ2n) is 7.45. The highest BCUT2D eigenvalue weighted by atomic mass is 32.2. The molecule has 0 spiro atoms. The molecule has 4 rings (SSSR count). The topological polar surface area (TPSA) is 90.3 Å². The number of aryl methyl sites for hydroxylation is 3. The molecule has 1 aliphatic rings. The lowest BCUT2D eigenvalue weighted by atomic mass is 10.1. The SMILES string of the molecule is C=CCn1c(SCC(=O)Nc2sc(C)c(C)c2C(=O)OC)nc2sc3c(c2c1=O)CCC3. The number of hydrogen-bond donors (Lipinski definition) is 1. The molecule has 168 valence electrons. The van der Waals surface area contributed by atoms with E-state index in [1.807, 2.05) is 13.8 Å². The fourth-order valence-electron chi connectivity index (χ4n) is 3.81. The zero-order valence-electron chi connectivity index (χ0n) is 18.1. The molecule has 1 amide bonds. The number of ether oxygens (including phenoxy) is 1. The Balaban J connectivity index is 1.58.